The minimum Gasteiger partial charge on any atom is -0.475 e. The average molecular weight is 258 g/mol. The second-order valence-electron chi connectivity index (χ2n) is 4.71. The molecule has 5 heteroatoms. The molecule has 2 heterocycles. The second kappa shape index (κ2) is 3.68. The highest BCUT2D eigenvalue weighted by atomic mass is 16.7. The predicted molar refractivity (Wildman–Crippen MR) is 62.4 cm³/mol. The maximum Gasteiger partial charge on any atom is 0.346 e. The summed E-state index contributed by atoms with van der Waals surface area (Å²) in [6.07, 6.45) is 6.42. The van der Waals surface area contributed by atoms with E-state index in [1.807, 2.05) is 6.08 Å². The fourth-order valence-electron chi connectivity index (χ4n) is 2.91. The van der Waals surface area contributed by atoms with Gasteiger partial charge in [-0.25, -0.2) is 9.59 Å². The zero-order valence-corrected chi connectivity index (χ0v) is 9.97. The van der Waals surface area contributed by atoms with Gasteiger partial charge in [0.2, 0.25) is 0 Å². The minimum atomic E-state index is -0.592. The smallest absolute Gasteiger partial charge is 0.346 e. The predicted octanol–water partition coefficient (Wildman–Crippen LogP) is 1.28. The molecule has 19 heavy (non-hydrogen) atoms. The maximum absolute atomic E-state index is 11.9. The van der Waals surface area contributed by atoms with Gasteiger partial charge in [-0.05, 0) is 24.5 Å². The van der Waals surface area contributed by atoms with Gasteiger partial charge in [0.15, 0.2) is 6.79 Å². The van der Waals surface area contributed by atoms with Crippen LogP contribution in [0.5, 0.6) is 0 Å². The molecule has 2 aliphatic carbocycles. The molecule has 0 aromatic heterocycles. The number of cyclic esters (lactones) is 2. The first-order valence-electron chi connectivity index (χ1n) is 6.12. The van der Waals surface area contributed by atoms with Crippen LogP contribution in [0.25, 0.3) is 0 Å². The normalized spacial score (nSPS) is 28.4. The Kier molecular flexibility index (Phi) is 2.08. The summed E-state index contributed by atoms with van der Waals surface area (Å²) in [5.74, 6) is -1.16. The Morgan fingerprint density at radius 1 is 1.16 bits per heavy atom. The van der Waals surface area contributed by atoms with Crippen molar-refractivity contribution in [3.05, 3.63) is 46.3 Å². The van der Waals surface area contributed by atoms with Gasteiger partial charge in [-0.3, -0.25) is 0 Å². The molecule has 0 radical (unpaired) electrons. The Morgan fingerprint density at radius 3 is 2.89 bits per heavy atom. The monoisotopic (exact) mass is 258 g/mol. The highest BCUT2D eigenvalue weighted by molar-refractivity contribution is 6.14. The number of carbonyl (C=O) groups is 2. The molecule has 5 nitrogen and oxygen atoms in total. The van der Waals surface area contributed by atoms with Crippen LogP contribution in [0.15, 0.2) is 46.3 Å². The summed E-state index contributed by atoms with van der Waals surface area (Å²) in [6.45, 7) is 0.164. The number of rotatable bonds is 0. The Morgan fingerprint density at radius 2 is 2.00 bits per heavy atom. The number of ether oxygens (including phenoxy) is 3. The molecule has 1 saturated heterocycles. The SMILES string of the molecule is O=C1OC(=O)C2=CC3OCOC=C3C3=C2C1=CCC3. The number of esters is 2. The van der Waals surface area contributed by atoms with Gasteiger partial charge in [0.25, 0.3) is 0 Å². The van der Waals surface area contributed by atoms with E-state index < -0.39 is 11.9 Å². The highest BCUT2D eigenvalue weighted by Gasteiger charge is 2.41. The van der Waals surface area contributed by atoms with Gasteiger partial charge in [0.1, 0.15) is 6.10 Å². The molecule has 4 rings (SSSR count). The molecule has 0 aromatic carbocycles. The third kappa shape index (κ3) is 1.39. The van der Waals surface area contributed by atoms with Crippen molar-refractivity contribution >= 4 is 11.9 Å². The van der Waals surface area contributed by atoms with Gasteiger partial charge in [-0.15, -0.1) is 0 Å². The molecule has 0 spiro atoms. The largest absolute Gasteiger partial charge is 0.475 e. The van der Waals surface area contributed by atoms with Crippen molar-refractivity contribution in [1.29, 1.82) is 0 Å². The molecule has 1 atom stereocenters. The number of hydrogen-bond acceptors (Lipinski definition) is 5. The average Bonchev–Trinajstić information content (AvgIpc) is 2.44. The zero-order chi connectivity index (χ0) is 13.0. The lowest BCUT2D eigenvalue weighted by Gasteiger charge is -2.34. The second-order valence-corrected chi connectivity index (χ2v) is 4.71. The van der Waals surface area contributed by atoms with E-state index in [2.05, 4.69) is 0 Å². The lowest BCUT2D eigenvalue weighted by Crippen LogP contribution is -2.34. The van der Waals surface area contributed by atoms with Crippen molar-refractivity contribution in [2.24, 2.45) is 0 Å². The molecular formula is C14H10O5. The summed E-state index contributed by atoms with van der Waals surface area (Å²) in [5.41, 5.74) is 3.48. The first-order chi connectivity index (χ1) is 9.25. The van der Waals surface area contributed by atoms with Gasteiger partial charge in [-0.1, -0.05) is 6.08 Å². The van der Waals surface area contributed by atoms with E-state index in [1.54, 1.807) is 12.3 Å². The van der Waals surface area contributed by atoms with Crippen LogP contribution in [0, 0.1) is 0 Å². The van der Waals surface area contributed by atoms with E-state index in [0.717, 1.165) is 24.0 Å². The quantitative estimate of drug-likeness (QED) is 0.484. The number of fused-ring (bicyclic) bond motifs is 2. The van der Waals surface area contributed by atoms with Gasteiger partial charge in [0.05, 0.1) is 17.4 Å². The molecule has 1 unspecified atom stereocenters. The standard InChI is InChI=1S/C14H10O5/c15-13-8-3-1-2-7-10-5-17-6-18-11(10)4-9(12(7)8)14(16)19-13/h3-5,11H,1-2,6H2. The lowest BCUT2D eigenvalue weighted by atomic mass is 9.76. The first kappa shape index (κ1) is 10.8. The topological polar surface area (TPSA) is 61.8 Å². The van der Waals surface area contributed by atoms with Gasteiger partial charge >= 0.3 is 11.9 Å². The van der Waals surface area contributed by atoms with Crippen LogP contribution in [0.4, 0.5) is 0 Å². The van der Waals surface area contributed by atoms with Crippen molar-refractivity contribution in [1.82, 2.24) is 0 Å². The van der Waals surface area contributed by atoms with Crippen LogP contribution >= 0.6 is 0 Å². The van der Waals surface area contributed by atoms with Crippen molar-refractivity contribution in [2.45, 2.75) is 18.9 Å². The van der Waals surface area contributed by atoms with E-state index in [4.69, 9.17) is 14.2 Å². The Bertz CT molecular complexity index is 632. The van der Waals surface area contributed by atoms with E-state index in [1.165, 1.54) is 0 Å². The third-order valence-corrected chi connectivity index (χ3v) is 3.71. The minimum absolute atomic E-state index is 0.164. The van der Waals surface area contributed by atoms with Crippen LogP contribution in [0.2, 0.25) is 0 Å². The van der Waals surface area contributed by atoms with Crippen molar-refractivity contribution in [3.63, 3.8) is 0 Å². The molecule has 96 valence electrons. The van der Waals surface area contributed by atoms with Gasteiger partial charge < -0.3 is 14.2 Å². The summed E-state index contributed by atoms with van der Waals surface area (Å²) < 4.78 is 15.4. The fourth-order valence-corrected chi connectivity index (χ4v) is 2.91. The van der Waals surface area contributed by atoms with Crippen LogP contribution in [0.3, 0.4) is 0 Å². The zero-order valence-electron chi connectivity index (χ0n) is 9.97. The van der Waals surface area contributed by atoms with Gasteiger partial charge in [0, 0.05) is 11.1 Å². The Balaban J connectivity index is 1.96. The van der Waals surface area contributed by atoms with E-state index in [0.29, 0.717) is 16.7 Å². The molecule has 1 fully saturated rings. The lowest BCUT2D eigenvalue weighted by molar-refractivity contribution is -0.155. The van der Waals surface area contributed by atoms with Crippen LogP contribution in [0.1, 0.15) is 12.8 Å². The van der Waals surface area contributed by atoms with Crippen LogP contribution in [-0.4, -0.2) is 24.8 Å². The van der Waals surface area contributed by atoms with E-state index >= 15 is 0 Å². The molecule has 0 saturated carbocycles. The summed E-state index contributed by atoms with van der Waals surface area (Å²) >= 11 is 0. The summed E-state index contributed by atoms with van der Waals surface area (Å²) in [6, 6.07) is 0. The van der Waals surface area contributed by atoms with Crippen molar-refractivity contribution in [2.75, 3.05) is 6.79 Å². The van der Waals surface area contributed by atoms with Crippen LogP contribution in [-0.2, 0) is 23.8 Å². The molecule has 2 aliphatic heterocycles. The van der Waals surface area contributed by atoms with Gasteiger partial charge in [-0.2, -0.15) is 0 Å². The first-order valence-corrected chi connectivity index (χ1v) is 6.12. The Hall–Kier alpha value is -2.14. The molecule has 0 amide bonds. The number of carbonyl (C=O) groups excluding carboxylic acids is 2. The molecule has 0 aromatic rings. The number of allylic oxidation sites excluding steroid dienone is 1. The molecular weight excluding hydrogens is 248 g/mol. The molecule has 4 aliphatic rings. The van der Waals surface area contributed by atoms with Crippen LogP contribution < -0.4 is 0 Å². The Labute approximate surface area is 108 Å². The summed E-state index contributed by atoms with van der Waals surface area (Å²) in [5, 5.41) is 0. The maximum atomic E-state index is 11.9. The fraction of sp³-hybridized carbons (Fsp3) is 0.286. The number of hydrogen-bond donors (Lipinski definition) is 0. The van der Waals surface area contributed by atoms with E-state index in [9.17, 15) is 9.59 Å². The summed E-state index contributed by atoms with van der Waals surface area (Å²) in [4.78, 5) is 23.6. The molecule has 0 bridgehead atoms. The highest BCUT2D eigenvalue weighted by Crippen LogP contribution is 2.44. The third-order valence-electron chi connectivity index (χ3n) is 3.71. The van der Waals surface area contributed by atoms with E-state index in [-0.39, 0.29) is 12.9 Å². The van der Waals surface area contributed by atoms with Crippen molar-refractivity contribution in [3.8, 4) is 0 Å². The summed E-state index contributed by atoms with van der Waals surface area (Å²) in [7, 11) is 0. The molecule has 0 N–H and O–H groups in total. The van der Waals surface area contributed by atoms with Crippen molar-refractivity contribution < 1.29 is 23.8 Å².